The first kappa shape index (κ1) is 16.3. The molecular weight excluding hydrogens is 316 g/mol. The molecule has 7 heteroatoms. The predicted molar refractivity (Wildman–Crippen MR) is 97.0 cm³/mol. The summed E-state index contributed by atoms with van der Waals surface area (Å²) in [6.07, 6.45) is 2.84. The fraction of sp³-hybridized carbons (Fsp3) is 0.611. The first-order chi connectivity index (χ1) is 12.1. The number of β-amino-alcohol motifs (C(OH)–C–C–N with tert-alkyl or cyclic N) is 1. The zero-order chi connectivity index (χ0) is 17.4. The number of aliphatic hydroxyl groups excluding tert-OH is 1. The minimum atomic E-state index is -0.359. The number of rotatable bonds is 4. The Morgan fingerprint density at radius 1 is 1.12 bits per heavy atom. The Morgan fingerprint density at radius 3 is 2.64 bits per heavy atom. The second-order valence-corrected chi connectivity index (χ2v) is 7.34. The third-order valence-electron chi connectivity index (χ3n) is 5.18. The second-order valence-electron chi connectivity index (χ2n) is 7.34. The zero-order valence-electron chi connectivity index (χ0n) is 14.9. The van der Waals surface area contributed by atoms with Gasteiger partial charge in [-0.25, -0.2) is 4.98 Å². The molecule has 0 radical (unpaired) electrons. The van der Waals surface area contributed by atoms with E-state index in [1.54, 1.807) is 0 Å². The van der Waals surface area contributed by atoms with Gasteiger partial charge in [0.25, 0.3) is 0 Å². The quantitative estimate of drug-likeness (QED) is 0.875. The second kappa shape index (κ2) is 6.63. The van der Waals surface area contributed by atoms with Crippen LogP contribution >= 0.6 is 0 Å². The van der Waals surface area contributed by atoms with E-state index >= 15 is 0 Å². The normalized spacial score (nSPS) is 23.6. The molecule has 2 atom stereocenters. The van der Waals surface area contributed by atoms with Crippen molar-refractivity contribution >= 4 is 11.8 Å². The summed E-state index contributed by atoms with van der Waals surface area (Å²) in [5.41, 5.74) is 3.05. The van der Waals surface area contributed by atoms with Crippen LogP contribution in [0, 0.1) is 19.8 Å². The van der Waals surface area contributed by atoms with E-state index in [9.17, 15) is 5.11 Å². The third-order valence-corrected chi connectivity index (χ3v) is 5.18. The molecule has 0 bridgehead atoms. The van der Waals surface area contributed by atoms with E-state index < -0.39 is 0 Å². The van der Waals surface area contributed by atoms with Crippen LogP contribution in [-0.2, 0) is 6.42 Å². The lowest BCUT2D eigenvalue weighted by Crippen LogP contribution is -2.25. The number of aliphatic hydroxyl groups is 1. The van der Waals surface area contributed by atoms with Gasteiger partial charge in [-0.1, -0.05) is 0 Å². The number of nitrogens with one attached hydrogen (secondary N) is 1. The summed E-state index contributed by atoms with van der Waals surface area (Å²) < 4.78 is 0. The van der Waals surface area contributed by atoms with Crippen molar-refractivity contribution in [1.82, 2.24) is 20.2 Å². The summed E-state index contributed by atoms with van der Waals surface area (Å²) >= 11 is 0. The van der Waals surface area contributed by atoms with Gasteiger partial charge in [-0.3, -0.25) is 5.10 Å². The fourth-order valence-electron chi connectivity index (χ4n) is 3.85. The van der Waals surface area contributed by atoms with Gasteiger partial charge in [0.15, 0.2) is 0 Å². The van der Waals surface area contributed by atoms with Gasteiger partial charge in [-0.15, -0.1) is 0 Å². The number of H-pyrrole nitrogens is 1. The van der Waals surface area contributed by atoms with Crippen LogP contribution in [-0.4, -0.2) is 57.6 Å². The minimum Gasteiger partial charge on any atom is -0.391 e. The largest absolute Gasteiger partial charge is 0.391 e. The summed E-state index contributed by atoms with van der Waals surface area (Å²) in [5.74, 6) is 1.93. The van der Waals surface area contributed by atoms with Crippen molar-refractivity contribution in [3.63, 3.8) is 0 Å². The molecule has 2 N–H and O–H groups in total. The van der Waals surface area contributed by atoms with E-state index in [1.807, 2.05) is 19.9 Å². The number of hydrogen-bond acceptors (Lipinski definition) is 6. The van der Waals surface area contributed by atoms with Gasteiger partial charge >= 0.3 is 0 Å². The monoisotopic (exact) mass is 342 g/mol. The first-order valence-electron chi connectivity index (χ1n) is 9.13. The Kier molecular flexibility index (Phi) is 4.33. The molecule has 0 amide bonds. The molecule has 25 heavy (non-hydrogen) atoms. The maximum atomic E-state index is 10.5. The zero-order valence-corrected chi connectivity index (χ0v) is 14.9. The van der Waals surface area contributed by atoms with Crippen LogP contribution in [0.15, 0.2) is 12.1 Å². The topological polar surface area (TPSA) is 81.2 Å². The molecule has 0 aliphatic carbocycles. The number of aryl methyl sites for hydroxylation is 2. The Balaban J connectivity index is 1.50. The highest BCUT2D eigenvalue weighted by atomic mass is 16.3. The smallest absolute Gasteiger partial charge is 0.227 e. The van der Waals surface area contributed by atoms with Gasteiger partial charge in [-0.05, 0) is 39.2 Å². The number of aromatic nitrogens is 4. The lowest BCUT2D eigenvalue weighted by Gasteiger charge is -2.21. The van der Waals surface area contributed by atoms with Crippen LogP contribution in [0.1, 0.15) is 29.9 Å². The molecule has 0 spiro atoms. The molecule has 0 unspecified atom stereocenters. The molecule has 2 aromatic rings. The number of nitrogens with zero attached hydrogens (tertiary/aromatic N) is 5. The standard InChI is InChI=1S/C18H26N6O/c1-12-8-17(20-18(19-12)23-5-3-4-6-23)24-10-14(16(25)11-24)9-15-7-13(2)21-22-15/h7-8,14,16,25H,3-6,9-11H2,1-2H3,(H,21,22)/t14-,16-/m1/s1. The molecular formula is C18H26N6O. The molecule has 2 aliphatic rings. The van der Waals surface area contributed by atoms with Gasteiger partial charge in [0.05, 0.1) is 11.8 Å². The average molecular weight is 342 g/mol. The van der Waals surface area contributed by atoms with E-state index in [0.717, 1.165) is 54.9 Å². The lowest BCUT2D eigenvalue weighted by molar-refractivity contribution is 0.148. The summed E-state index contributed by atoms with van der Waals surface area (Å²) in [6.45, 7) is 7.49. The molecule has 2 saturated heterocycles. The van der Waals surface area contributed by atoms with E-state index in [1.165, 1.54) is 12.8 Å². The predicted octanol–water partition coefficient (Wildman–Crippen LogP) is 1.46. The number of aromatic amines is 1. The highest BCUT2D eigenvalue weighted by Gasteiger charge is 2.33. The Hall–Kier alpha value is -2.15. The SMILES string of the molecule is Cc1cc(N2C[C@@H](Cc3cc(C)[nH]n3)[C@H](O)C2)nc(N2CCCC2)n1. The van der Waals surface area contributed by atoms with Crippen molar-refractivity contribution in [2.75, 3.05) is 36.0 Å². The lowest BCUT2D eigenvalue weighted by atomic mass is 10.0. The van der Waals surface area contributed by atoms with E-state index in [0.29, 0.717) is 6.54 Å². The summed E-state index contributed by atoms with van der Waals surface area (Å²) in [7, 11) is 0. The third kappa shape index (κ3) is 3.46. The van der Waals surface area contributed by atoms with Crippen LogP contribution in [0.3, 0.4) is 0 Å². The van der Waals surface area contributed by atoms with Crippen LogP contribution in [0.4, 0.5) is 11.8 Å². The molecule has 0 saturated carbocycles. The highest BCUT2D eigenvalue weighted by molar-refractivity contribution is 5.47. The van der Waals surface area contributed by atoms with Crippen LogP contribution in [0.25, 0.3) is 0 Å². The van der Waals surface area contributed by atoms with Crippen molar-refractivity contribution in [2.45, 2.75) is 39.2 Å². The molecule has 2 aliphatic heterocycles. The molecule has 4 rings (SSSR count). The van der Waals surface area contributed by atoms with E-state index in [-0.39, 0.29) is 12.0 Å². The van der Waals surface area contributed by atoms with E-state index in [2.05, 4.69) is 31.0 Å². The maximum Gasteiger partial charge on any atom is 0.227 e. The Labute approximate surface area is 148 Å². The molecule has 2 aromatic heterocycles. The maximum absolute atomic E-state index is 10.5. The summed E-state index contributed by atoms with van der Waals surface area (Å²) in [5, 5.41) is 17.8. The number of anilines is 2. The Bertz CT molecular complexity index is 739. The van der Waals surface area contributed by atoms with Gasteiger partial charge in [-0.2, -0.15) is 10.1 Å². The van der Waals surface area contributed by atoms with Gasteiger partial charge in [0, 0.05) is 49.6 Å². The van der Waals surface area contributed by atoms with E-state index in [4.69, 9.17) is 4.98 Å². The van der Waals surface area contributed by atoms with Crippen molar-refractivity contribution in [2.24, 2.45) is 5.92 Å². The highest BCUT2D eigenvalue weighted by Crippen LogP contribution is 2.27. The molecule has 0 aromatic carbocycles. The van der Waals surface area contributed by atoms with Crippen LogP contribution in [0.5, 0.6) is 0 Å². The van der Waals surface area contributed by atoms with Gasteiger partial charge in [0.1, 0.15) is 5.82 Å². The summed E-state index contributed by atoms with van der Waals surface area (Å²) in [4.78, 5) is 13.8. The molecule has 134 valence electrons. The minimum absolute atomic E-state index is 0.174. The molecule has 4 heterocycles. The first-order valence-corrected chi connectivity index (χ1v) is 9.13. The fourth-order valence-corrected chi connectivity index (χ4v) is 3.85. The van der Waals surface area contributed by atoms with Gasteiger partial charge in [0.2, 0.25) is 5.95 Å². The van der Waals surface area contributed by atoms with Crippen molar-refractivity contribution in [3.05, 3.63) is 29.2 Å². The van der Waals surface area contributed by atoms with Crippen molar-refractivity contribution < 1.29 is 5.11 Å². The number of hydrogen-bond donors (Lipinski definition) is 2. The van der Waals surface area contributed by atoms with Crippen LogP contribution < -0.4 is 9.80 Å². The van der Waals surface area contributed by atoms with Crippen molar-refractivity contribution in [3.8, 4) is 0 Å². The summed E-state index contributed by atoms with van der Waals surface area (Å²) in [6, 6.07) is 4.07. The average Bonchev–Trinajstić information content (AvgIpc) is 3.30. The van der Waals surface area contributed by atoms with Gasteiger partial charge < -0.3 is 14.9 Å². The van der Waals surface area contributed by atoms with Crippen LogP contribution in [0.2, 0.25) is 0 Å². The molecule has 2 fully saturated rings. The molecule has 7 nitrogen and oxygen atoms in total. The van der Waals surface area contributed by atoms with Crippen molar-refractivity contribution in [1.29, 1.82) is 0 Å². The Morgan fingerprint density at radius 2 is 1.92 bits per heavy atom.